The summed E-state index contributed by atoms with van der Waals surface area (Å²) in [5, 5.41) is 11.8. The number of hydrogen-bond acceptors (Lipinski definition) is 5. The zero-order valence-electron chi connectivity index (χ0n) is 25.1. The first-order chi connectivity index (χ1) is 23.3. The predicted molar refractivity (Wildman–Crippen MR) is 197 cm³/mol. The molecule has 0 saturated carbocycles. The van der Waals surface area contributed by atoms with Crippen LogP contribution in [0.3, 0.4) is 0 Å². The van der Waals surface area contributed by atoms with Gasteiger partial charge in [0.25, 0.3) is 0 Å². The fourth-order valence-electron chi connectivity index (χ4n) is 6.85. The Bertz CT molecular complexity index is 2870. The lowest BCUT2D eigenvalue weighted by atomic mass is 9.99. The Morgan fingerprint density at radius 3 is 1.91 bits per heavy atom. The van der Waals surface area contributed by atoms with Crippen LogP contribution in [-0.4, -0.2) is 19.9 Å². The Morgan fingerprint density at radius 2 is 1.04 bits per heavy atom. The number of thiophene rings is 1. The molecule has 0 fully saturated rings. The van der Waals surface area contributed by atoms with Crippen LogP contribution >= 0.6 is 11.3 Å². The summed E-state index contributed by atoms with van der Waals surface area (Å²) < 4.78 is 2.48. The van der Waals surface area contributed by atoms with Crippen molar-refractivity contribution in [3.8, 4) is 34.2 Å². The average molecular weight is 617 g/mol. The Balaban J connectivity index is 1.23. The zero-order valence-corrected chi connectivity index (χ0v) is 25.9. The first-order valence-electron chi connectivity index (χ1n) is 15.6. The minimum Gasteiger partial charge on any atom is -0.264 e. The van der Waals surface area contributed by atoms with Crippen molar-refractivity contribution >= 4 is 74.6 Å². The second-order valence-corrected chi connectivity index (χ2v) is 13.0. The second kappa shape index (κ2) is 10.2. The van der Waals surface area contributed by atoms with E-state index in [1.165, 1.54) is 52.5 Å². The molecule has 0 aliphatic carbocycles. The van der Waals surface area contributed by atoms with Gasteiger partial charge in [-0.05, 0) is 55.9 Å². The molecule has 0 N–H and O–H groups in total. The molecule has 4 nitrogen and oxygen atoms in total. The summed E-state index contributed by atoms with van der Waals surface area (Å²) >= 11 is 1.80. The van der Waals surface area contributed by atoms with E-state index in [1.54, 1.807) is 11.3 Å². The third-order valence-electron chi connectivity index (χ3n) is 9.18. The number of nitrogens with zero attached hydrogens (tertiary/aromatic N) is 4. The van der Waals surface area contributed by atoms with Gasteiger partial charge in [-0.3, -0.25) is 4.98 Å². The smallest absolute Gasteiger partial charge is 0.164 e. The minimum absolute atomic E-state index is 0.652. The van der Waals surface area contributed by atoms with E-state index < -0.39 is 0 Å². The summed E-state index contributed by atoms with van der Waals surface area (Å²) in [7, 11) is 0. The number of hydrogen-bond donors (Lipinski definition) is 0. The highest BCUT2D eigenvalue weighted by molar-refractivity contribution is 7.26. The van der Waals surface area contributed by atoms with E-state index in [0.717, 1.165) is 27.5 Å². The summed E-state index contributed by atoms with van der Waals surface area (Å²) in [5.74, 6) is 1.96. The standard InChI is InChI=1S/C42H24N4S/c1-2-8-28-22-29(16-12-25(28)6-1)40-44-41(30-17-15-27-14-13-26-7-3-4-9-31(26)36(27)23-30)46-42(45-40)35-11-5-10-33-32(35)18-19-34-37-24-43-21-20-38(37)47-39(33)34/h1-24H. The van der Waals surface area contributed by atoms with E-state index in [2.05, 4.69) is 138 Å². The van der Waals surface area contributed by atoms with Crippen molar-refractivity contribution in [1.82, 2.24) is 19.9 Å². The maximum Gasteiger partial charge on any atom is 0.164 e. The third-order valence-corrected chi connectivity index (χ3v) is 10.4. The summed E-state index contributed by atoms with van der Waals surface area (Å²) in [5.41, 5.74) is 2.90. The lowest BCUT2D eigenvalue weighted by Crippen LogP contribution is -2.00. The van der Waals surface area contributed by atoms with Crippen LogP contribution in [0.2, 0.25) is 0 Å². The Kier molecular flexibility index (Phi) is 5.71. The fourth-order valence-corrected chi connectivity index (χ4v) is 8.05. The molecule has 10 rings (SSSR count). The van der Waals surface area contributed by atoms with Crippen LogP contribution in [0.4, 0.5) is 0 Å². The molecule has 0 aliphatic heterocycles. The van der Waals surface area contributed by atoms with Gasteiger partial charge in [0.05, 0.1) is 0 Å². The number of aromatic nitrogens is 4. The molecule has 3 heterocycles. The summed E-state index contributed by atoms with van der Waals surface area (Å²) in [6.07, 6.45) is 3.83. The van der Waals surface area contributed by atoms with E-state index in [1.807, 2.05) is 12.4 Å². The van der Waals surface area contributed by atoms with Gasteiger partial charge in [0.15, 0.2) is 17.5 Å². The lowest BCUT2D eigenvalue weighted by Gasteiger charge is -2.12. The van der Waals surface area contributed by atoms with Gasteiger partial charge in [-0.2, -0.15) is 0 Å². The Labute approximate surface area is 273 Å². The minimum atomic E-state index is 0.652. The maximum atomic E-state index is 5.19. The normalized spacial score (nSPS) is 11.8. The van der Waals surface area contributed by atoms with Gasteiger partial charge >= 0.3 is 0 Å². The largest absolute Gasteiger partial charge is 0.264 e. The molecular weight excluding hydrogens is 593 g/mol. The van der Waals surface area contributed by atoms with Crippen LogP contribution in [0.15, 0.2) is 146 Å². The monoisotopic (exact) mass is 616 g/mol. The fraction of sp³-hybridized carbons (Fsp3) is 0. The summed E-state index contributed by atoms with van der Waals surface area (Å²) in [6, 6.07) is 47.1. The molecule has 3 aromatic heterocycles. The van der Waals surface area contributed by atoms with Gasteiger partial charge in [-0.15, -0.1) is 11.3 Å². The Morgan fingerprint density at radius 1 is 0.404 bits per heavy atom. The van der Waals surface area contributed by atoms with Crippen LogP contribution in [0.25, 0.3) is 97.4 Å². The molecule has 0 saturated heterocycles. The lowest BCUT2D eigenvalue weighted by molar-refractivity contribution is 1.08. The number of pyridine rings is 1. The zero-order chi connectivity index (χ0) is 30.9. The highest BCUT2D eigenvalue weighted by Crippen LogP contribution is 2.40. The van der Waals surface area contributed by atoms with E-state index in [4.69, 9.17) is 15.0 Å². The van der Waals surface area contributed by atoms with Gasteiger partial charge in [-0.25, -0.2) is 15.0 Å². The van der Waals surface area contributed by atoms with Crippen molar-refractivity contribution in [2.75, 3.05) is 0 Å². The number of rotatable bonds is 3. The molecule has 47 heavy (non-hydrogen) atoms. The molecule has 7 aromatic carbocycles. The first-order valence-corrected chi connectivity index (χ1v) is 16.4. The van der Waals surface area contributed by atoms with Crippen LogP contribution < -0.4 is 0 Å². The molecule has 0 radical (unpaired) electrons. The third kappa shape index (κ3) is 4.21. The molecule has 0 aliphatic rings. The highest BCUT2D eigenvalue weighted by atomic mass is 32.1. The Hall–Kier alpha value is -6.04. The van der Waals surface area contributed by atoms with Crippen LogP contribution in [0.1, 0.15) is 0 Å². The van der Waals surface area contributed by atoms with Crippen molar-refractivity contribution in [1.29, 1.82) is 0 Å². The topological polar surface area (TPSA) is 51.6 Å². The maximum absolute atomic E-state index is 5.19. The van der Waals surface area contributed by atoms with Crippen LogP contribution in [-0.2, 0) is 0 Å². The van der Waals surface area contributed by atoms with Gasteiger partial charge in [0.1, 0.15) is 0 Å². The van der Waals surface area contributed by atoms with E-state index in [-0.39, 0.29) is 0 Å². The molecule has 0 spiro atoms. The summed E-state index contributed by atoms with van der Waals surface area (Å²) in [6.45, 7) is 0. The van der Waals surface area contributed by atoms with E-state index in [0.29, 0.717) is 17.5 Å². The average Bonchev–Trinajstić information content (AvgIpc) is 3.53. The SMILES string of the molecule is c1ccc2cc(-c3nc(-c4ccc5ccc6ccccc6c5c4)nc(-c4cccc5c4ccc4c6cnccc6sc54)n3)ccc2c1. The van der Waals surface area contributed by atoms with Gasteiger partial charge < -0.3 is 0 Å². The molecule has 0 unspecified atom stereocenters. The predicted octanol–water partition coefficient (Wildman–Crippen LogP) is 11.2. The molecule has 5 heteroatoms. The van der Waals surface area contributed by atoms with Crippen molar-refractivity contribution in [2.24, 2.45) is 0 Å². The highest BCUT2D eigenvalue weighted by Gasteiger charge is 2.17. The van der Waals surface area contributed by atoms with Crippen LogP contribution in [0.5, 0.6) is 0 Å². The second-order valence-electron chi connectivity index (χ2n) is 11.9. The number of fused-ring (bicyclic) bond motifs is 9. The van der Waals surface area contributed by atoms with E-state index in [9.17, 15) is 0 Å². The van der Waals surface area contributed by atoms with Crippen molar-refractivity contribution in [3.63, 3.8) is 0 Å². The van der Waals surface area contributed by atoms with Gasteiger partial charge in [0.2, 0.25) is 0 Å². The number of benzene rings is 7. The van der Waals surface area contributed by atoms with Crippen molar-refractivity contribution in [3.05, 3.63) is 146 Å². The van der Waals surface area contributed by atoms with Crippen molar-refractivity contribution in [2.45, 2.75) is 0 Å². The molecule has 0 amide bonds. The quantitative estimate of drug-likeness (QED) is 0.185. The van der Waals surface area contributed by atoms with Crippen molar-refractivity contribution < 1.29 is 0 Å². The van der Waals surface area contributed by atoms with Gasteiger partial charge in [0, 0.05) is 54.6 Å². The molecule has 0 atom stereocenters. The molecule has 0 bridgehead atoms. The summed E-state index contributed by atoms with van der Waals surface area (Å²) in [4.78, 5) is 19.9. The van der Waals surface area contributed by atoms with Gasteiger partial charge in [-0.1, -0.05) is 115 Å². The molecule has 10 aromatic rings. The van der Waals surface area contributed by atoms with E-state index >= 15 is 0 Å². The molecule has 218 valence electrons. The first kappa shape index (κ1) is 26.2. The molecular formula is C42H24N4S. The van der Waals surface area contributed by atoms with Crippen LogP contribution in [0, 0.1) is 0 Å².